The van der Waals surface area contributed by atoms with Gasteiger partial charge in [-0.15, -0.1) is 0 Å². The fraction of sp³-hybridized carbons (Fsp3) is 0.733. The lowest BCUT2D eigenvalue weighted by atomic mass is 9.90. The quantitative estimate of drug-likeness (QED) is 0.795. The number of nitrogens with two attached hydrogens (primary N) is 1. The van der Waals surface area contributed by atoms with E-state index in [4.69, 9.17) is 10.5 Å². The highest BCUT2D eigenvalue weighted by molar-refractivity contribution is 7.07. The second kappa shape index (κ2) is 5.52. The van der Waals surface area contributed by atoms with Crippen LogP contribution in [0.1, 0.15) is 31.2 Å². The topological polar surface area (TPSA) is 38.5 Å². The molecule has 0 saturated heterocycles. The molecule has 0 aliphatic heterocycles. The fourth-order valence-corrected chi connectivity index (χ4v) is 3.92. The maximum absolute atomic E-state index is 6.21. The highest BCUT2D eigenvalue weighted by Crippen LogP contribution is 2.47. The third-order valence-corrected chi connectivity index (χ3v) is 5.31. The summed E-state index contributed by atoms with van der Waals surface area (Å²) >= 11 is 1.78. The van der Waals surface area contributed by atoms with Crippen LogP contribution in [0.15, 0.2) is 16.8 Å². The average molecular weight is 280 g/mol. The molecule has 4 heteroatoms. The highest BCUT2D eigenvalue weighted by Gasteiger charge is 2.52. The first-order valence-electron chi connectivity index (χ1n) is 7.27. The Kier molecular flexibility index (Phi) is 3.94. The van der Waals surface area contributed by atoms with Crippen molar-refractivity contribution in [3.63, 3.8) is 0 Å². The number of ether oxygens (including phenoxy) is 1. The third-order valence-electron chi connectivity index (χ3n) is 4.58. The molecule has 2 saturated carbocycles. The van der Waals surface area contributed by atoms with E-state index in [-0.39, 0.29) is 5.54 Å². The van der Waals surface area contributed by atoms with Crippen molar-refractivity contribution in [2.45, 2.75) is 43.8 Å². The van der Waals surface area contributed by atoms with Crippen molar-refractivity contribution >= 4 is 11.3 Å². The number of methoxy groups -OCH3 is 1. The molecule has 19 heavy (non-hydrogen) atoms. The molecule has 0 aromatic carbocycles. The van der Waals surface area contributed by atoms with Gasteiger partial charge in [-0.1, -0.05) is 0 Å². The molecule has 1 unspecified atom stereocenters. The lowest BCUT2D eigenvalue weighted by molar-refractivity contribution is -0.0118. The summed E-state index contributed by atoms with van der Waals surface area (Å²) < 4.78 is 5.56. The second-order valence-corrected chi connectivity index (χ2v) is 6.79. The third kappa shape index (κ3) is 2.72. The van der Waals surface area contributed by atoms with E-state index in [1.165, 1.54) is 31.2 Å². The van der Waals surface area contributed by atoms with Crippen molar-refractivity contribution in [1.29, 1.82) is 0 Å². The van der Waals surface area contributed by atoms with Crippen molar-refractivity contribution in [2.75, 3.05) is 20.3 Å². The SMILES string of the molecule is COCC(CN)(C1CC1)N(Cc1ccsc1)C1CC1. The highest BCUT2D eigenvalue weighted by atomic mass is 32.1. The zero-order valence-electron chi connectivity index (χ0n) is 11.7. The molecule has 0 radical (unpaired) electrons. The van der Waals surface area contributed by atoms with Gasteiger partial charge in [0, 0.05) is 26.2 Å². The van der Waals surface area contributed by atoms with Crippen molar-refractivity contribution in [1.82, 2.24) is 4.90 Å². The number of hydrogen-bond donors (Lipinski definition) is 1. The lowest BCUT2D eigenvalue weighted by Gasteiger charge is -2.44. The van der Waals surface area contributed by atoms with E-state index >= 15 is 0 Å². The van der Waals surface area contributed by atoms with Crippen LogP contribution in [0.5, 0.6) is 0 Å². The molecule has 1 aromatic rings. The monoisotopic (exact) mass is 280 g/mol. The van der Waals surface area contributed by atoms with E-state index in [9.17, 15) is 0 Å². The molecule has 2 aliphatic carbocycles. The van der Waals surface area contributed by atoms with E-state index < -0.39 is 0 Å². The summed E-state index contributed by atoms with van der Waals surface area (Å²) in [7, 11) is 1.81. The molecule has 2 fully saturated rings. The van der Waals surface area contributed by atoms with Gasteiger partial charge < -0.3 is 10.5 Å². The summed E-state index contributed by atoms with van der Waals surface area (Å²) in [4.78, 5) is 2.66. The predicted molar refractivity (Wildman–Crippen MR) is 79.3 cm³/mol. The number of hydrogen-bond acceptors (Lipinski definition) is 4. The van der Waals surface area contributed by atoms with Gasteiger partial charge in [-0.2, -0.15) is 11.3 Å². The van der Waals surface area contributed by atoms with Crippen LogP contribution in [-0.2, 0) is 11.3 Å². The molecule has 0 spiro atoms. The number of thiophene rings is 1. The summed E-state index contributed by atoms with van der Waals surface area (Å²) in [6, 6.07) is 2.96. The van der Waals surface area contributed by atoms with Gasteiger partial charge >= 0.3 is 0 Å². The van der Waals surface area contributed by atoms with Crippen LogP contribution in [0, 0.1) is 5.92 Å². The van der Waals surface area contributed by atoms with Gasteiger partial charge in [0.25, 0.3) is 0 Å². The molecule has 2 aliphatic rings. The first kappa shape index (κ1) is 13.6. The van der Waals surface area contributed by atoms with Gasteiger partial charge in [0.05, 0.1) is 12.1 Å². The molecule has 3 rings (SSSR count). The van der Waals surface area contributed by atoms with Crippen LogP contribution in [0.2, 0.25) is 0 Å². The van der Waals surface area contributed by atoms with Crippen LogP contribution >= 0.6 is 11.3 Å². The molecule has 3 nitrogen and oxygen atoms in total. The average Bonchev–Trinajstić information content (AvgIpc) is 3.33. The predicted octanol–water partition coefficient (Wildman–Crippen LogP) is 2.47. The van der Waals surface area contributed by atoms with Gasteiger partial charge in [-0.05, 0) is 54.0 Å². The minimum absolute atomic E-state index is 0.0673. The van der Waals surface area contributed by atoms with E-state index in [1.54, 1.807) is 11.3 Å². The Labute approximate surface area is 119 Å². The summed E-state index contributed by atoms with van der Waals surface area (Å²) in [5.74, 6) is 0.733. The minimum atomic E-state index is 0.0673. The van der Waals surface area contributed by atoms with Crippen molar-refractivity contribution < 1.29 is 4.74 Å². The second-order valence-electron chi connectivity index (χ2n) is 6.01. The zero-order valence-corrected chi connectivity index (χ0v) is 12.5. The first-order chi connectivity index (χ1) is 9.30. The summed E-state index contributed by atoms with van der Waals surface area (Å²) in [6.07, 6.45) is 5.27. The van der Waals surface area contributed by atoms with Gasteiger partial charge in [0.2, 0.25) is 0 Å². The minimum Gasteiger partial charge on any atom is -0.383 e. The maximum atomic E-state index is 6.21. The van der Waals surface area contributed by atoms with Crippen molar-refractivity contribution in [2.24, 2.45) is 11.7 Å². The van der Waals surface area contributed by atoms with Crippen LogP contribution in [-0.4, -0.2) is 36.7 Å². The maximum Gasteiger partial charge on any atom is 0.0661 e. The van der Waals surface area contributed by atoms with E-state index in [0.29, 0.717) is 6.54 Å². The van der Waals surface area contributed by atoms with Crippen LogP contribution < -0.4 is 5.73 Å². The Hall–Kier alpha value is -0.420. The number of rotatable bonds is 8. The Morgan fingerprint density at radius 1 is 1.42 bits per heavy atom. The molecule has 0 bridgehead atoms. The zero-order chi connectivity index (χ0) is 13.3. The summed E-state index contributed by atoms with van der Waals surface area (Å²) in [5, 5.41) is 4.42. The van der Waals surface area contributed by atoms with E-state index in [2.05, 4.69) is 21.7 Å². The normalized spacial score (nSPS) is 22.7. The lowest BCUT2D eigenvalue weighted by Crippen LogP contribution is -2.59. The Morgan fingerprint density at radius 3 is 2.68 bits per heavy atom. The Bertz CT molecular complexity index is 400. The van der Waals surface area contributed by atoms with Gasteiger partial charge in [-0.3, -0.25) is 4.90 Å². The van der Waals surface area contributed by atoms with Crippen molar-refractivity contribution in [3.05, 3.63) is 22.4 Å². The summed E-state index contributed by atoms with van der Waals surface area (Å²) in [5.41, 5.74) is 7.70. The van der Waals surface area contributed by atoms with Crippen LogP contribution in [0.4, 0.5) is 0 Å². The number of nitrogens with zero attached hydrogens (tertiary/aromatic N) is 1. The molecule has 1 atom stereocenters. The fourth-order valence-electron chi connectivity index (χ4n) is 3.26. The largest absolute Gasteiger partial charge is 0.383 e. The molecule has 0 amide bonds. The van der Waals surface area contributed by atoms with Gasteiger partial charge in [0.15, 0.2) is 0 Å². The molecule has 106 valence electrons. The molecular weight excluding hydrogens is 256 g/mol. The van der Waals surface area contributed by atoms with E-state index in [0.717, 1.165) is 25.1 Å². The smallest absolute Gasteiger partial charge is 0.0661 e. The molecule has 1 heterocycles. The summed E-state index contributed by atoms with van der Waals surface area (Å²) in [6.45, 7) is 2.52. The Morgan fingerprint density at radius 2 is 2.21 bits per heavy atom. The van der Waals surface area contributed by atoms with Gasteiger partial charge in [-0.25, -0.2) is 0 Å². The van der Waals surface area contributed by atoms with E-state index in [1.807, 2.05) is 7.11 Å². The first-order valence-corrected chi connectivity index (χ1v) is 8.21. The van der Waals surface area contributed by atoms with Crippen LogP contribution in [0.25, 0.3) is 0 Å². The molecular formula is C15H24N2OS. The van der Waals surface area contributed by atoms with Crippen molar-refractivity contribution in [3.8, 4) is 0 Å². The van der Waals surface area contributed by atoms with Crippen LogP contribution in [0.3, 0.4) is 0 Å². The van der Waals surface area contributed by atoms with Gasteiger partial charge in [0.1, 0.15) is 0 Å². The molecule has 1 aromatic heterocycles. The Balaban J connectivity index is 1.83. The standard InChI is InChI=1S/C15H24N2OS/c1-18-11-15(10-16,13-2-3-13)17(14-4-5-14)8-12-6-7-19-9-12/h6-7,9,13-14H,2-5,8,10-11,16H2,1H3. The molecule has 2 N–H and O–H groups in total.